The lowest BCUT2D eigenvalue weighted by Gasteiger charge is -2.10. The number of anilines is 1. The molecule has 0 aromatic heterocycles. The fourth-order valence-electron chi connectivity index (χ4n) is 2.54. The van der Waals surface area contributed by atoms with Crippen LogP contribution in [-0.4, -0.2) is 17.6 Å². The summed E-state index contributed by atoms with van der Waals surface area (Å²) in [7, 11) is 0. The fraction of sp³-hybridized carbons (Fsp3) is 0.0909. The molecule has 3 aromatic carbocycles. The molecule has 0 saturated carbocycles. The molecule has 0 aliphatic rings. The van der Waals surface area contributed by atoms with Gasteiger partial charge in [-0.25, -0.2) is 0 Å². The fourth-order valence-corrected chi connectivity index (χ4v) is 3.15. The molecule has 0 saturated heterocycles. The van der Waals surface area contributed by atoms with E-state index >= 15 is 0 Å². The van der Waals surface area contributed by atoms with Crippen LogP contribution >= 0.6 is 28.1 Å². The predicted octanol–water partition coefficient (Wildman–Crippen LogP) is 5.20. The van der Waals surface area contributed by atoms with Gasteiger partial charge in [0.2, 0.25) is 0 Å². The third-order valence-electron chi connectivity index (χ3n) is 3.93. The average Bonchev–Trinajstić information content (AvgIpc) is 2.69. The maximum Gasteiger partial charge on any atom is 0.257 e. The topological polar surface area (TPSA) is 50.4 Å². The third kappa shape index (κ3) is 6.18. The third-order valence-corrected chi connectivity index (χ3v) is 4.63. The second-order valence-electron chi connectivity index (χ2n) is 6.03. The molecular weight excluding hydrogens is 436 g/mol. The van der Waals surface area contributed by atoms with Gasteiger partial charge in [0.1, 0.15) is 5.75 Å². The van der Waals surface area contributed by atoms with Crippen LogP contribution in [0, 0.1) is 0 Å². The maximum absolute atomic E-state index is 12.3. The zero-order valence-corrected chi connectivity index (χ0v) is 17.4. The van der Waals surface area contributed by atoms with Crippen LogP contribution in [0.5, 0.6) is 5.75 Å². The number of nitrogens with one attached hydrogen (secondary N) is 2. The Kier molecular flexibility index (Phi) is 7.17. The molecule has 0 fully saturated rings. The molecule has 4 nitrogen and oxygen atoms in total. The highest BCUT2D eigenvalue weighted by atomic mass is 79.9. The Bertz CT molecular complexity index is 946. The highest BCUT2D eigenvalue weighted by molar-refractivity contribution is 9.10. The molecule has 2 N–H and O–H groups in total. The second-order valence-corrected chi connectivity index (χ2v) is 7.35. The van der Waals surface area contributed by atoms with Crippen molar-refractivity contribution >= 4 is 44.9 Å². The Morgan fingerprint density at radius 2 is 1.71 bits per heavy atom. The molecule has 0 heterocycles. The van der Waals surface area contributed by atoms with E-state index in [0.717, 1.165) is 22.3 Å². The molecule has 0 aliphatic heterocycles. The first-order valence-corrected chi connectivity index (χ1v) is 9.95. The lowest BCUT2D eigenvalue weighted by Crippen LogP contribution is -2.34. The van der Waals surface area contributed by atoms with Crippen molar-refractivity contribution in [1.82, 2.24) is 5.32 Å². The van der Waals surface area contributed by atoms with Gasteiger partial charge in [0.15, 0.2) is 5.11 Å². The van der Waals surface area contributed by atoms with E-state index < -0.39 is 0 Å². The second kappa shape index (κ2) is 10.0. The van der Waals surface area contributed by atoms with E-state index in [-0.39, 0.29) is 11.0 Å². The van der Waals surface area contributed by atoms with Gasteiger partial charge in [0.05, 0.1) is 6.61 Å². The summed E-state index contributed by atoms with van der Waals surface area (Å²) in [6, 6.07) is 24.7. The molecule has 0 radical (unpaired) electrons. The molecule has 3 rings (SSSR count). The number of ether oxygens (including phenoxy) is 1. The van der Waals surface area contributed by atoms with Crippen molar-refractivity contribution in [3.63, 3.8) is 0 Å². The standard InChI is InChI=1S/C22H19BrN2O2S/c23-18-7-4-8-19(15-18)24-22(28)25-21(26)17-9-11-20(12-10-17)27-14-13-16-5-2-1-3-6-16/h1-12,15H,13-14H2,(H2,24,25,26,28). The number of hydrogen-bond acceptors (Lipinski definition) is 3. The van der Waals surface area contributed by atoms with Crippen LogP contribution in [0.15, 0.2) is 83.3 Å². The Hall–Kier alpha value is -2.70. The Balaban J connectivity index is 1.48. The number of carbonyl (C=O) groups is 1. The van der Waals surface area contributed by atoms with Crippen molar-refractivity contribution in [3.05, 3.63) is 94.5 Å². The zero-order chi connectivity index (χ0) is 19.8. The van der Waals surface area contributed by atoms with Crippen molar-refractivity contribution in [3.8, 4) is 5.75 Å². The Labute approximate surface area is 178 Å². The number of rotatable bonds is 6. The Morgan fingerprint density at radius 3 is 2.43 bits per heavy atom. The predicted molar refractivity (Wildman–Crippen MR) is 120 cm³/mol. The zero-order valence-electron chi connectivity index (χ0n) is 15.0. The molecule has 0 atom stereocenters. The first-order valence-electron chi connectivity index (χ1n) is 8.75. The van der Waals surface area contributed by atoms with Crippen molar-refractivity contribution in [2.45, 2.75) is 6.42 Å². The van der Waals surface area contributed by atoms with Crippen LogP contribution in [0.3, 0.4) is 0 Å². The molecule has 28 heavy (non-hydrogen) atoms. The first-order chi connectivity index (χ1) is 13.6. The summed E-state index contributed by atoms with van der Waals surface area (Å²) in [5, 5.41) is 5.90. The van der Waals surface area contributed by atoms with Crippen molar-refractivity contribution in [2.75, 3.05) is 11.9 Å². The highest BCUT2D eigenvalue weighted by Gasteiger charge is 2.08. The number of carbonyl (C=O) groups excluding carboxylic acids is 1. The highest BCUT2D eigenvalue weighted by Crippen LogP contribution is 2.16. The minimum atomic E-state index is -0.275. The summed E-state index contributed by atoms with van der Waals surface area (Å²) >= 11 is 8.60. The minimum Gasteiger partial charge on any atom is -0.493 e. The minimum absolute atomic E-state index is 0.242. The number of amides is 1. The molecule has 6 heteroatoms. The summed E-state index contributed by atoms with van der Waals surface area (Å²) in [6.07, 6.45) is 0.832. The summed E-state index contributed by atoms with van der Waals surface area (Å²) in [5.74, 6) is 0.450. The van der Waals surface area contributed by atoms with Gasteiger partial charge >= 0.3 is 0 Å². The molecule has 0 spiro atoms. The number of halogens is 1. The van der Waals surface area contributed by atoms with Gasteiger partial charge in [-0.3, -0.25) is 10.1 Å². The molecular formula is C22H19BrN2O2S. The van der Waals surface area contributed by atoms with Crippen LogP contribution in [0.25, 0.3) is 0 Å². The van der Waals surface area contributed by atoms with Crippen LogP contribution < -0.4 is 15.4 Å². The van der Waals surface area contributed by atoms with E-state index in [4.69, 9.17) is 17.0 Å². The number of hydrogen-bond donors (Lipinski definition) is 2. The molecule has 0 aliphatic carbocycles. The molecule has 0 bridgehead atoms. The van der Waals surface area contributed by atoms with Gasteiger partial charge in [0.25, 0.3) is 5.91 Å². The van der Waals surface area contributed by atoms with E-state index in [1.54, 1.807) is 24.3 Å². The van der Waals surface area contributed by atoms with Crippen molar-refractivity contribution in [1.29, 1.82) is 0 Å². The van der Waals surface area contributed by atoms with E-state index in [2.05, 4.69) is 38.7 Å². The van der Waals surface area contributed by atoms with Crippen LogP contribution in [0.1, 0.15) is 15.9 Å². The number of benzene rings is 3. The molecule has 1 amide bonds. The van der Waals surface area contributed by atoms with Gasteiger partial charge < -0.3 is 10.1 Å². The molecule has 142 valence electrons. The SMILES string of the molecule is O=C(NC(=S)Nc1cccc(Br)c1)c1ccc(OCCc2ccccc2)cc1. The monoisotopic (exact) mass is 454 g/mol. The van der Waals surface area contributed by atoms with Gasteiger partial charge in [0, 0.05) is 22.1 Å². The smallest absolute Gasteiger partial charge is 0.257 e. The van der Waals surface area contributed by atoms with Gasteiger partial charge in [-0.1, -0.05) is 52.3 Å². The summed E-state index contributed by atoms with van der Waals surface area (Å²) < 4.78 is 6.67. The quantitative estimate of drug-likeness (QED) is 0.502. The number of thiocarbonyl (C=S) groups is 1. The summed E-state index contributed by atoms with van der Waals surface area (Å²) in [5.41, 5.74) is 2.53. The lowest BCUT2D eigenvalue weighted by molar-refractivity contribution is 0.0977. The maximum atomic E-state index is 12.3. The largest absolute Gasteiger partial charge is 0.493 e. The van der Waals surface area contributed by atoms with Crippen molar-refractivity contribution in [2.24, 2.45) is 0 Å². The lowest BCUT2D eigenvalue weighted by atomic mass is 10.2. The van der Waals surface area contributed by atoms with E-state index in [0.29, 0.717) is 12.2 Å². The van der Waals surface area contributed by atoms with Crippen LogP contribution in [-0.2, 0) is 6.42 Å². The van der Waals surface area contributed by atoms with Gasteiger partial charge in [-0.2, -0.15) is 0 Å². The van der Waals surface area contributed by atoms with E-state index in [1.165, 1.54) is 5.56 Å². The summed E-state index contributed by atoms with van der Waals surface area (Å²) in [6.45, 7) is 0.580. The molecule has 3 aromatic rings. The van der Waals surface area contributed by atoms with E-state index in [1.807, 2.05) is 42.5 Å². The van der Waals surface area contributed by atoms with Gasteiger partial charge in [-0.15, -0.1) is 0 Å². The summed E-state index contributed by atoms with van der Waals surface area (Å²) in [4.78, 5) is 12.3. The Morgan fingerprint density at radius 1 is 0.964 bits per heavy atom. The van der Waals surface area contributed by atoms with E-state index in [9.17, 15) is 4.79 Å². The normalized spacial score (nSPS) is 10.2. The van der Waals surface area contributed by atoms with Crippen LogP contribution in [0.2, 0.25) is 0 Å². The first kappa shape index (κ1) is 20.0. The van der Waals surface area contributed by atoms with Crippen LogP contribution in [0.4, 0.5) is 5.69 Å². The van der Waals surface area contributed by atoms with Crippen molar-refractivity contribution < 1.29 is 9.53 Å². The van der Waals surface area contributed by atoms with Gasteiger partial charge in [-0.05, 0) is 60.2 Å². The molecule has 0 unspecified atom stereocenters. The average molecular weight is 455 g/mol.